The molecule has 1 atom stereocenters. The summed E-state index contributed by atoms with van der Waals surface area (Å²) in [5.41, 5.74) is 0. The van der Waals surface area contributed by atoms with Gasteiger partial charge in [-0.15, -0.1) is 0 Å². The molecule has 3 nitrogen and oxygen atoms in total. The maximum Gasteiger partial charge on any atom is 0.0593 e. The largest absolute Gasteiger partial charge is 0.380 e. The molecule has 1 aliphatic heterocycles. The summed E-state index contributed by atoms with van der Waals surface area (Å²) in [7, 11) is 4.26. The summed E-state index contributed by atoms with van der Waals surface area (Å²) < 4.78 is 5.42. The van der Waals surface area contributed by atoms with Gasteiger partial charge in [-0.25, -0.2) is 0 Å². The molecule has 0 radical (unpaired) electrons. The van der Waals surface area contributed by atoms with Crippen LogP contribution < -0.4 is 0 Å². The van der Waals surface area contributed by atoms with E-state index in [1.807, 2.05) is 0 Å². The Bertz CT molecular complexity index is 131. The third kappa shape index (κ3) is 4.07. The fourth-order valence-electron chi connectivity index (χ4n) is 1.85. The Morgan fingerprint density at radius 2 is 2.08 bits per heavy atom. The van der Waals surface area contributed by atoms with Crippen LogP contribution in [0.2, 0.25) is 0 Å². The number of ether oxygens (including phenoxy) is 1. The van der Waals surface area contributed by atoms with E-state index in [-0.39, 0.29) is 0 Å². The first-order valence-electron chi connectivity index (χ1n) is 5.16. The number of likely N-dealkylation sites (N-methyl/N-ethyl adjacent to an activating group) is 1. The van der Waals surface area contributed by atoms with Crippen molar-refractivity contribution in [3.05, 3.63) is 0 Å². The number of hydrogen-bond donors (Lipinski definition) is 0. The van der Waals surface area contributed by atoms with Gasteiger partial charge >= 0.3 is 0 Å². The second kappa shape index (κ2) is 5.58. The molecule has 0 amide bonds. The summed E-state index contributed by atoms with van der Waals surface area (Å²) in [6.07, 6.45) is 1.18. The van der Waals surface area contributed by atoms with Crippen molar-refractivity contribution in [2.45, 2.75) is 19.4 Å². The van der Waals surface area contributed by atoms with Gasteiger partial charge in [-0.3, -0.25) is 4.90 Å². The molecule has 1 unspecified atom stereocenters. The van der Waals surface area contributed by atoms with E-state index in [2.05, 4.69) is 30.8 Å². The van der Waals surface area contributed by atoms with Gasteiger partial charge < -0.3 is 9.64 Å². The van der Waals surface area contributed by atoms with E-state index in [1.54, 1.807) is 0 Å². The molecule has 0 aromatic rings. The van der Waals surface area contributed by atoms with Gasteiger partial charge in [0, 0.05) is 32.3 Å². The van der Waals surface area contributed by atoms with Crippen molar-refractivity contribution in [1.82, 2.24) is 9.80 Å². The molecule has 0 saturated carbocycles. The minimum atomic E-state index is 0.650. The Morgan fingerprint density at radius 1 is 1.31 bits per heavy atom. The van der Waals surface area contributed by atoms with E-state index in [0.29, 0.717) is 6.04 Å². The topological polar surface area (TPSA) is 15.7 Å². The number of rotatable bonds is 3. The normalized spacial score (nSPS) is 23.1. The van der Waals surface area contributed by atoms with Crippen LogP contribution in [0.15, 0.2) is 0 Å². The average molecular weight is 186 g/mol. The second-order valence-corrected chi connectivity index (χ2v) is 4.11. The van der Waals surface area contributed by atoms with Crippen LogP contribution in [0, 0.1) is 0 Å². The summed E-state index contributed by atoms with van der Waals surface area (Å²) >= 11 is 0. The van der Waals surface area contributed by atoms with E-state index >= 15 is 0 Å². The standard InChI is InChI=1S/C10H22N2O/c1-10(9-11(2)3)12-5-4-7-13-8-6-12/h10H,4-9H2,1-3H3. The Hall–Kier alpha value is -0.120. The van der Waals surface area contributed by atoms with Crippen LogP contribution >= 0.6 is 0 Å². The first-order chi connectivity index (χ1) is 6.20. The van der Waals surface area contributed by atoms with Crippen molar-refractivity contribution in [1.29, 1.82) is 0 Å². The van der Waals surface area contributed by atoms with Crippen LogP contribution in [0.4, 0.5) is 0 Å². The SMILES string of the molecule is CC(CN(C)C)N1CCCOCC1. The molecule has 1 fully saturated rings. The third-order valence-corrected chi connectivity index (χ3v) is 2.51. The van der Waals surface area contributed by atoms with Crippen molar-refractivity contribution in [3.63, 3.8) is 0 Å². The minimum Gasteiger partial charge on any atom is -0.380 e. The van der Waals surface area contributed by atoms with E-state index in [0.717, 1.165) is 26.3 Å². The molecule has 13 heavy (non-hydrogen) atoms. The van der Waals surface area contributed by atoms with E-state index in [9.17, 15) is 0 Å². The van der Waals surface area contributed by atoms with Gasteiger partial charge in [-0.05, 0) is 27.4 Å². The zero-order valence-corrected chi connectivity index (χ0v) is 9.12. The highest BCUT2D eigenvalue weighted by atomic mass is 16.5. The lowest BCUT2D eigenvalue weighted by molar-refractivity contribution is 0.128. The molecule has 1 heterocycles. The lowest BCUT2D eigenvalue weighted by Gasteiger charge is -2.29. The molecule has 0 aliphatic carbocycles. The molecule has 0 aromatic carbocycles. The number of nitrogens with zero attached hydrogens (tertiary/aromatic N) is 2. The van der Waals surface area contributed by atoms with Crippen LogP contribution in [-0.2, 0) is 4.74 Å². The highest BCUT2D eigenvalue weighted by Gasteiger charge is 2.15. The smallest absolute Gasteiger partial charge is 0.0593 e. The van der Waals surface area contributed by atoms with Crippen molar-refractivity contribution in [2.75, 3.05) is 46.9 Å². The highest BCUT2D eigenvalue weighted by Crippen LogP contribution is 2.05. The second-order valence-electron chi connectivity index (χ2n) is 4.11. The van der Waals surface area contributed by atoms with Crippen LogP contribution in [0.25, 0.3) is 0 Å². The predicted molar refractivity (Wildman–Crippen MR) is 55.0 cm³/mol. The van der Waals surface area contributed by atoms with Crippen LogP contribution in [0.3, 0.4) is 0 Å². The quantitative estimate of drug-likeness (QED) is 0.644. The van der Waals surface area contributed by atoms with Crippen molar-refractivity contribution >= 4 is 0 Å². The maximum absolute atomic E-state index is 5.42. The molecule has 0 N–H and O–H groups in total. The lowest BCUT2D eigenvalue weighted by Crippen LogP contribution is -2.41. The molecular weight excluding hydrogens is 164 g/mol. The first kappa shape index (κ1) is 11.0. The molecule has 0 bridgehead atoms. The van der Waals surface area contributed by atoms with Gasteiger partial charge in [0.1, 0.15) is 0 Å². The van der Waals surface area contributed by atoms with Gasteiger partial charge in [-0.2, -0.15) is 0 Å². The van der Waals surface area contributed by atoms with E-state index in [1.165, 1.54) is 13.0 Å². The molecule has 3 heteroatoms. The van der Waals surface area contributed by atoms with Crippen molar-refractivity contribution < 1.29 is 4.74 Å². The summed E-state index contributed by atoms with van der Waals surface area (Å²) in [6, 6.07) is 0.650. The fourth-order valence-corrected chi connectivity index (χ4v) is 1.85. The van der Waals surface area contributed by atoms with Gasteiger partial charge in [-0.1, -0.05) is 0 Å². The molecule has 1 saturated heterocycles. The Labute approximate surface area is 81.7 Å². The summed E-state index contributed by atoms with van der Waals surface area (Å²) in [4.78, 5) is 4.77. The lowest BCUT2D eigenvalue weighted by atomic mass is 10.2. The van der Waals surface area contributed by atoms with Crippen LogP contribution in [0.1, 0.15) is 13.3 Å². The minimum absolute atomic E-state index is 0.650. The van der Waals surface area contributed by atoms with Crippen molar-refractivity contribution in [2.24, 2.45) is 0 Å². The highest BCUT2D eigenvalue weighted by molar-refractivity contribution is 4.70. The summed E-state index contributed by atoms with van der Waals surface area (Å²) in [5, 5.41) is 0. The van der Waals surface area contributed by atoms with Gasteiger partial charge in [0.15, 0.2) is 0 Å². The molecule has 78 valence electrons. The van der Waals surface area contributed by atoms with Crippen LogP contribution in [-0.4, -0.2) is 62.8 Å². The Balaban J connectivity index is 2.30. The molecule has 1 aliphatic rings. The van der Waals surface area contributed by atoms with Crippen molar-refractivity contribution in [3.8, 4) is 0 Å². The molecule has 0 aromatic heterocycles. The molecular formula is C10H22N2O. The monoisotopic (exact) mass is 186 g/mol. The summed E-state index contributed by atoms with van der Waals surface area (Å²) in [6.45, 7) is 7.55. The third-order valence-electron chi connectivity index (χ3n) is 2.51. The van der Waals surface area contributed by atoms with Gasteiger partial charge in [0.2, 0.25) is 0 Å². The molecule has 1 rings (SSSR count). The van der Waals surface area contributed by atoms with Gasteiger partial charge in [0.05, 0.1) is 6.61 Å². The van der Waals surface area contributed by atoms with Crippen LogP contribution in [0.5, 0.6) is 0 Å². The Morgan fingerprint density at radius 3 is 2.77 bits per heavy atom. The zero-order chi connectivity index (χ0) is 9.68. The maximum atomic E-state index is 5.42. The average Bonchev–Trinajstić information content (AvgIpc) is 2.29. The van der Waals surface area contributed by atoms with Gasteiger partial charge in [0.25, 0.3) is 0 Å². The number of hydrogen-bond acceptors (Lipinski definition) is 3. The van der Waals surface area contributed by atoms with E-state index < -0.39 is 0 Å². The fraction of sp³-hybridized carbons (Fsp3) is 1.00. The Kier molecular flexibility index (Phi) is 4.70. The first-order valence-corrected chi connectivity index (χ1v) is 5.16. The predicted octanol–water partition coefficient (Wildman–Crippen LogP) is 0.659. The summed E-state index contributed by atoms with van der Waals surface area (Å²) in [5.74, 6) is 0. The zero-order valence-electron chi connectivity index (χ0n) is 9.12. The van der Waals surface area contributed by atoms with E-state index in [4.69, 9.17) is 4.74 Å². The molecule has 0 spiro atoms.